The van der Waals surface area contributed by atoms with Gasteiger partial charge >= 0.3 is 5.91 Å². The summed E-state index contributed by atoms with van der Waals surface area (Å²) in [4.78, 5) is 10.9. The summed E-state index contributed by atoms with van der Waals surface area (Å²) in [6, 6.07) is 20.5. The largest absolute Gasteiger partial charge is 0.555 e. The molecule has 28 heavy (non-hydrogen) atoms. The molecule has 0 aromatic heterocycles. The quantitative estimate of drug-likeness (QED) is 0.279. The third-order valence-electron chi connectivity index (χ3n) is 3.76. The SMILES string of the molecule is O=[N+]([O-])C(Oc1ccccc1)(Oc1ccccc1)c1ccc(S(=O)(=O)O)cc1. The molecule has 144 valence electrons. The number of hydrogen-bond donors (Lipinski definition) is 1. The lowest BCUT2D eigenvalue weighted by Gasteiger charge is -2.26. The third-order valence-corrected chi connectivity index (χ3v) is 4.62. The maximum Gasteiger partial charge on any atom is 0.555 e. The predicted octanol–water partition coefficient (Wildman–Crippen LogP) is 3.48. The molecule has 1 N–H and O–H groups in total. The third kappa shape index (κ3) is 4.11. The fourth-order valence-electron chi connectivity index (χ4n) is 2.45. The molecule has 0 unspecified atom stereocenters. The van der Waals surface area contributed by atoms with Crippen LogP contribution in [0.15, 0.2) is 89.8 Å². The Bertz CT molecular complexity index is 1010. The molecule has 3 aromatic carbocycles. The van der Waals surface area contributed by atoms with Crippen LogP contribution in [-0.2, 0) is 16.0 Å². The molecule has 0 fully saturated rings. The first-order chi connectivity index (χ1) is 13.3. The smallest absolute Gasteiger partial charge is 0.392 e. The minimum absolute atomic E-state index is 0.0717. The molecule has 0 aliphatic heterocycles. The van der Waals surface area contributed by atoms with Gasteiger partial charge in [-0.1, -0.05) is 36.4 Å². The molecule has 0 saturated carbocycles. The van der Waals surface area contributed by atoms with E-state index in [1.54, 1.807) is 36.4 Å². The number of ether oxygens (including phenoxy) is 2. The van der Waals surface area contributed by atoms with Gasteiger partial charge in [0.15, 0.2) is 0 Å². The van der Waals surface area contributed by atoms with Crippen LogP contribution in [0.1, 0.15) is 5.56 Å². The molecule has 0 saturated heterocycles. The van der Waals surface area contributed by atoms with E-state index in [1.807, 2.05) is 0 Å². The van der Waals surface area contributed by atoms with Crippen molar-refractivity contribution < 1.29 is 27.4 Å². The van der Waals surface area contributed by atoms with E-state index in [0.717, 1.165) is 24.3 Å². The monoisotopic (exact) mass is 401 g/mol. The van der Waals surface area contributed by atoms with Crippen molar-refractivity contribution in [3.05, 3.63) is 101 Å². The summed E-state index contributed by atoms with van der Waals surface area (Å²) in [6.45, 7) is 0. The van der Waals surface area contributed by atoms with Crippen molar-refractivity contribution in [1.82, 2.24) is 0 Å². The molecule has 3 rings (SSSR count). The molecule has 3 aromatic rings. The van der Waals surface area contributed by atoms with E-state index in [1.165, 1.54) is 24.3 Å². The summed E-state index contributed by atoms with van der Waals surface area (Å²) in [5.74, 6) is -2.14. The van der Waals surface area contributed by atoms with Crippen molar-refractivity contribution in [2.45, 2.75) is 10.8 Å². The summed E-state index contributed by atoms with van der Waals surface area (Å²) in [6.07, 6.45) is 0. The van der Waals surface area contributed by atoms with Crippen molar-refractivity contribution in [2.24, 2.45) is 0 Å². The summed E-state index contributed by atoms with van der Waals surface area (Å²) in [5, 5.41) is 12.1. The maximum absolute atomic E-state index is 12.1. The number of nitrogens with zero attached hydrogens (tertiary/aromatic N) is 1. The first-order valence-electron chi connectivity index (χ1n) is 8.02. The number of para-hydroxylation sites is 2. The zero-order valence-corrected chi connectivity index (χ0v) is 15.2. The minimum atomic E-state index is -4.45. The Morgan fingerprint density at radius 1 is 0.786 bits per heavy atom. The van der Waals surface area contributed by atoms with Crippen LogP contribution in [0.2, 0.25) is 0 Å². The van der Waals surface area contributed by atoms with Gasteiger partial charge in [0, 0.05) is 0 Å². The van der Waals surface area contributed by atoms with Crippen molar-refractivity contribution in [2.75, 3.05) is 0 Å². The highest BCUT2D eigenvalue weighted by molar-refractivity contribution is 7.85. The average molecular weight is 401 g/mol. The predicted molar refractivity (Wildman–Crippen MR) is 99.1 cm³/mol. The Balaban J connectivity index is 2.12. The number of benzene rings is 3. The fraction of sp³-hybridized carbons (Fsp3) is 0.0526. The Morgan fingerprint density at radius 2 is 1.21 bits per heavy atom. The lowest BCUT2D eigenvalue weighted by Crippen LogP contribution is -2.47. The van der Waals surface area contributed by atoms with Gasteiger partial charge in [0.1, 0.15) is 22.0 Å². The van der Waals surface area contributed by atoms with Crippen LogP contribution in [-0.4, -0.2) is 17.9 Å². The second kappa shape index (κ2) is 7.67. The number of rotatable bonds is 7. The van der Waals surface area contributed by atoms with E-state index in [4.69, 9.17) is 14.0 Å². The molecular formula is C19H15NO7S. The highest BCUT2D eigenvalue weighted by Gasteiger charge is 2.52. The van der Waals surface area contributed by atoms with Gasteiger partial charge in [-0.05, 0) is 48.5 Å². The van der Waals surface area contributed by atoms with Gasteiger partial charge in [-0.3, -0.25) is 14.7 Å². The summed E-state index contributed by atoms with van der Waals surface area (Å²) < 4.78 is 43.0. The Morgan fingerprint density at radius 3 is 1.57 bits per heavy atom. The highest BCUT2D eigenvalue weighted by Crippen LogP contribution is 2.33. The number of hydrogen-bond acceptors (Lipinski definition) is 6. The topological polar surface area (TPSA) is 116 Å². The van der Waals surface area contributed by atoms with Crippen molar-refractivity contribution in [3.63, 3.8) is 0 Å². The second-order valence-electron chi connectivity index (χ2n) is 5.67. The van der Waals surface area contributed by atoms with Gasteiger partial charge in [0.2, 0.25) is 0 Å². The van der Waals surface area contributed by atoms with Crippen LogP contribution in [0.5, 0.6) is 11.5 Å². The van der Waals surface area contributed by atoms with Gasteiger partial charge in [-0.25, -0.2) is 0 Å². The summed E-state index contributed by atoms with van der Waals surface area (Å²) in [5.41, 5.74) is -0.0717. The van der Waals surface area contributed by atoms with Crippen LogP contribution in [0.3, 0.4) is 0 Å². The minimum Gasteiger partial charge on any atom is -0.392 e. The van der Waals surface area contributed by atoms with Gasteiger partial charge < -0.3 is 9.47 Å². The molecular weight excluding hydrogens is 386 g/mol. The first-order valence-corrected chi connectivity index (χ1v) is 9.46. The van der Waals surface area contributed by atoms with E-state index in [0.29, 0.717) is 0 Å². The molecule has 8 nitrogen and oxygen atoms in total. The average Bonchev–Trinajstić information content (AvgIpc) is 2.68. The summed E-state index contributed by atoms with van der Waals surface area (Å²) >= 11 is 0. The van der Waals surface area contributed by atoms with Crippen molar-refractivity contribution in [3.8, 4) is 11.5 Å². The van der Waals surface area contributed by atoms with E-state index < -0.39 is 25.8 Å². The van der Waals surface area contributed by atoms with E-state index in [9.17, 15) is 18.5 Å². The van der Waals surface area contributed by atoms with E-state index >= 15 is 0 Å². The molecule has 0 bridgehead atoms. The Kier molecular flexibility index (Phi) is 5.30. The van der Waals surface area contributed by atoms with Crippen LogP contribution >= 0.6 is 0 Å². The van der Waals surface area contributed by atoms with Gasteiger partial charge in [0.05, 0.1) is 4.90 Å². The lowest BCUT2D eigenvalue weighted by atomic mass is 10.1. The van der Waals surface area contributed by atoms with E-state index in [2.05, 4.69) is 0 Å². The fourth-order valence-corrected chi connectivity index (χ4v) is 2.93. The first kappa shape index (κ1) is 19.3. The zero-order chi connectivity index (χ0) is 20.2. The Labute approximate surface area is 160 Å². The molecule has 0 aliphatic carbocycles. The van der Waals surface area contributed by atoms with Crippen molar-refractivity contribution in [1.29, 1.82) is 0 Å². The maximum atomic E-state index is 12.1. The van der Waals surface area contributed by atoms with Gasteiger partial charge in [-0.2, -0.15) is 8.42 Å². The molecule has 9 heteroatoms. The molecule has 0 amide bonds. The molecule has 0 spiro atoms. The van der Waals surface area contributed by atoms with E-state index in [-0.39, 0.29) is 17.1 Å². The molecule has 0 radical (unpaired) electrons. The van der Waals surface area contributed by atoms with Gasteiger partial charge in [-0.15, -0.1) is 0 Å². The van der Waals surface area contributed by atoms with Crippen LogP contribution in [0, 0.1) is 10.1 Å². The van der Waals surface area contributed by atoms with Crippen LogP contribution in [0.4, 0.5) is 0 Å². The second-order valence-corrected chi connectivity index (χ2v) is 7.09. The molecule has 0 heterocycles. The van der Waals surface area contributed by atoms with Crippen LogP contribution < -0.4 is 9.47 Å². The van der Waals surface area contributed by atoms with Gasteiger partial charge in [0.25, 0.3) is 10.1 Å². The summed E-state index contributed by atoms with van der Waals surface area (Å²) in [7, 11) is -4.45. The standard InChI is InChI=1S/C19H15NO7S/c21-20(22)19(26-16-7-3-1-4-8-16,27-17-9-5-2-6-10-17)15-11-13-18(14-12-15)28(23,24)25/h1-14H,(H,23,24,25). The molecule has 0 atom stereocenters. The highest BCUT2D eigenvalue weighted by atomic mass is 32.2. The number of nitro groups is 1. The van der Waals surface area contributed by atoms with Crippen LogP contribution in [0.25, 0.3) is 0 Å². The normalized spacial score (nSPS) is 11.6. The van der Waals surface area contributed by atoms with Crippen molar-refractivity contribution >= 4 is 10.1 Å². The zero-order valence-electron chi connectivity index (χ0n) is 14.3. The molecule has 0 aliphatic rings. The lowest BCUT2D eigenvalue weighted by molar-refractivity contribution is -0.677. The Hall–Kier alpha value is -3.43.